The Bertz CT molecular complexity index is 2440. The summed E-state index contributed by atoms with van der Waals surface area (Å²) >= 11 is 0. The maximum absolute atomic E-state index is 14.1. The molecule has 1 heterocycles. The van der Waals surface area contributed by atoms with Crippen LogP contribution in [0.25, 0.3) is 11.1 Å². The lowest BCUT2D eigenvalue weighted by molar-refractivity contribution is -0.142. The number of carbonyl (C=O) groups excluding carboxylic acids is 2. The van der Waals surface area contributed by atoms with Gasteiger partial charge < -0.3 is 36.3 Å². The van der Waals surface area contributed by atoms with E-state index in [1.54, 1.807) is 44.2 Å². The van der Waals surface area contributed by atoms with Crippen molar-refractivity contribution in [3.8, 4) is 16.9 Å². The minimum absolute atomic E-state index is 0.0216. The van der Waals surface area contributed by atoms with Crippen LogP contribution in [-0.2, 0) is 35.6 Å². The molecule has 62 heavy (non-hydrogen) atoms. The van der Waals surface area contributed by atoms with Crippen LogP contribution in [0.1, 0.15) is 96.3 Å². The summed E-state index contributed by atoms with van der Waals surface area (Å²) in [4.78, 5) is 40.7. The zero-order valence-corrected chi connectivity index (χ0v) is 37.0. The van der Waals surface area contributed by atoms with Crippen molar-refractivity contribution in [3.63, 3.8) is 0 Å². The molecule has 6 rings (SSSR count). The molecule has 14 heteroatoms. The molecule has 1 unspecified atom stereocenters. The summed E-state index contributed by atoms with van der Waals surface area (Å²) in [5, 5.41) is 18.7. The molecule has 3 aliphatic rings. The van der Waals surface area contributed by atoms with Crippen molar-refractivity contribution >= 4 is 33.8 Å². The molecule has 1 aliphatic heterocycles. The Hall–Kier alpha value is -6.15. The van der Waals surface area contributed by atoms with E-state index in [1.807, 2.05) is 76.2 Å². The predicted molar refractivity (Wildman–Crippen MR) is 240 cm³/mol. The smallest absolute Gasteiger partial charge is 0.326 e. The summed E-state index contributed by atoms with van der Waals surface area (Å²) in [6.45, 7) is 15.0. The number of nitrogens with two attached hydrogens (primary N) is 1. The van der Waals surface area contributed by atoms with Crippen molar-refractivity contribution in [3.05, 3.63) is 135 Å². The number of hydrogen-bond donors (Lipinski definition) is 5. The summed E-state index contributed by atoms with van der Waals surface area (Å²) in [6, 6.07) is 19.7. The number of aliphatic carboxylic acids is 1. The van der Waals surface area contributed by atoms with Gasteiger partial charge in [0.15, 0.2) is 0 Å². The van der Waals surface area contributed by atoms with Gasteiger partial charge in [0.05, 0.1) is 4.91 Å². The summed E-state index contributed by atoms with van der Waals surface area (Å²) in [5.74, 6) is -1.01. The van der Waals surface area contributed by atoms with Gasteiger partial charge in [-0.15, -0.1) is 4.40 Å². The van der Waals surface area contributed by atoms with E-state index in [4.69, 9.17) is 15.2 Å². The number of ether oxygens (including phenoxy) is 2. The van der Waals surface area contributed by atoms with Gasteiger partial charge in [-0.2, -0.15) is 8.42 Å². The van der Waals surface area contributed by atoms with Crippen molar-refractivity contribution in [2.45, 2.75) is 104 Å². The highest BCUT2D eigenvalue weighted by Gasteiger charge is 2.43. The number of fused-ring (bicyclic) bond motifs is 4. The second-order valence-corrected chi connectivity index (χ2v) is 18.4. The van der Waals surface area contributed by atoms with Crippen molar-refractivity contribution in [2.75, 3.05) is 6.61 Å². The number of carboxylic acid groups (broad SMARTS) is 1. The molecule has 2 aliphatic carbocycles. The zero-order chi connectivity index (χ0) is 44.9. The van der Waals surface area contributed by atoms with Crippen molar-refractivity contribution < 1.29 is 37.4 Å². The minimum atomic E-state index is -4.29. The first-order chi connectivity index (χ1) is 29.4. The van der Waals surface area contributed by atoms with Gasteiger partial charge >= 0.3 is 5.97 Å². The molecule has 328 valence electrons. The number of nitrogens with zero attached hydrogens (tertiary/aromatic N) is 1. The number of nitrogens with one attached hydrogen (secondary N) is 3. The monoisotopic (exact) mass is 863 g/mol. The van der Waals surface area contributed by atoms with E-state index in [0.717, 1.165) is 33.4 Å². The number of guanidine groups is 1. The zero-order valence-electron chi connectivity index (χ0n) is 36.2. The summed E-state index contributed by atoms with van der Waals surface area (Å²) in [7, 11) is -4.29. The molecule has 0 fully saturated rings. The molecule has 0 bridgehead atoms. The van der Waals surface area contributed by atoms with Gasteiger partial charge in [-0.05, 0) is 104 Å². The molecule has 3 aromatic carbocycles. The summed E-state index contributed by atoms with van der Waals surface area (Å²) < 4.78 is 43.7. The average Bonchev–Trinajstić information content (AvgIpc) is 3.52. The van der Waals surface area contributed by atoms with Crippen LogP contribution in [0.3, 0.4) is 0 Å². The number of carbonyl (C=O) groups is 3. The Balaban J connectivity index is 1.20. The second-order valence-electron chi connectivity index (χ2n) is 16.9. The van der Waals surface area contributed by atoms with Crippen LogP contribution in [0.2, 0.25) is 0 Å². The van der Waals surface area contributed by atoms with Gasteiger partial charge in [0, 0.05) is 35.8 Å². The fourth-order valence-electron chi connectivity index (χ4n) is 8.64. The van der Waals surface area contributed by atoms with Crippen LogP contribution in [-0.4, -0.2) is 62.0 Å². The molecular formula is C48H57N5O8S. The lowest BCUT2D eigenvalue weighted by Gasteiger charge is -2.38. The van der Waals surface area contributed by atoms with Crippen LogP contribution in [0.5, 0.6) is 5.75 Å². The van der Waals surface area contributed by atoms with Crippen molar-refractivity contribution in [1.82, 2.24) is 16.0 Å². The number of rotatable bonds is 17. The summed E-state index contributed by atoms with van der Waals surface area (Å²) in [5.41, 5.74) is 12.5. The number of benzene rings is 3. The maximum atomic E-state index is 14.1. The van der Waals surface area contributed by atoms with E-state index in [2.05, 4.69) is 26.9 Å². The first kappa shape index (κ1) is 45.4. The van der Waals surface area contributed by atoms with E-state index in [9.17, 15) is 27.9 Å². The SMILES string of the molecule is C=CCOc1ccc(C[C@H](NC(=O)[C@H](CCC(C)NC(N)=NS(=O)(=O)C2=C3C(C)=C(C)OC(C)=C3CCC2(C)C)NC(=O)CC2c3ccccc3-c3ccccc32)C(=O)O)cc1. The third-order valence-corrected chi connectivity index (χ3v) is 13.6. The Morgan fingerprint density at radius 3 is 2.18 bits per heavy atom. The Morgan fingerprint density at radius 1 is 0.935 bits per heavy atom. The molecule has 3 aromatic rings. The molecule has 0 saturated carbocycles. The van der Waals surface area contributed by atoms with E-state index in [0.29, 0.717) is 47.9 Å². The van der Waals surface area contributed by atoms with Crippen LogP contribution in [0, 0.1) is 5.41 Å². The average molecular weight is 864 g/mol. The Morgan fingerprint density at radius 2 is 1.56 bits per heavy atom. The minimum Gasteiger partial charge on any atom is -0.490 e. The third kappa shape index (κ3) is 10.1. The maximum Gasteiger partial charge on any atom is 0.326 e. The quantitative estimate of drug-likeness (QED) is 0.0529. The first-order valence-electron chi connectivity index (χ1n) is 20.9. The normalized spacial score (nSPS) is 17.5. The van der Waals surface area contributed by atoms with Crippen molar-refractivity contribution in [2.24, 2.45) is 15.5 Å². The van der Waals surface area contributed by atoms with Gasteiger partial charge in [-0.25, -0.2) is 4.79 Å². The molecule has 0 saturated heterocycles. The Kier molecular flexibility index (Phi) is 13.8. The summed E-state index contributed by atoms with van der Waals surface area (Å²) in [6.07, 6.45) is 3.16. The molecule has 6 N–H and O–H groups in total. The van der Waals surface area contributed by atoms with Crippen LogP contribution >= 0.6 is 0 Å². The fraction of sp³-hybridized carbons (Fsp3) is 0.375. The first-order valence-corrected chi connectivity index (χ1v) is 22.3. The second kappa shape index (κ2) is 18.9. The number of carboxylic acids is 1. The number of amides is 2. The third-order valence-electron chi connectivity index (χ3n) is 11.9. The molecular weight excluding hydrogens is 807 g/mol. The van der Waals surface area contributed by atoms with E-state index in [1.165, 1.54) is 0 Å². The van der Waals surface area contributed by atoms with Gasteiger partial charge in [-0.3, -0.25) is 9.59 Å². The lowest BCUT2D eigenvalue weighted by Crippen LogP contribution is -2.52. The number of hydrogen-bond acceptors (Lipinski definition) is 7. The topological polar surface area (TPSA) is 199 Å². The fourth-order valence-corrected chi connectivity index (χ4v) is 10.4. The highest BCUT2D eigenvalue weighted by atomic mass is 32.2. The van der Waals surface area contributed by atoms with Gasteiger partial charge in [0.1, 0.15) is 36.0 Å². The highest BCUT2D eigenvalue weighted by Crippen LogP contribution is 2.51. The van der Waals surface area contributed by atoms with Gasteiger partial charge in [0.25, 0.3) is 10.0 Å². The molecule has 0 aromatic heterocycles. The molecule has 2 amide bonds. The largest absolute Gasteiger partial charge is 0.490 e. The molecule has 0 spiro atoms. The van der Waals surface area contributed by atoms with E-state index >= 15 is 0 Å². The van der Waals surface area contributed by atoms with Gasteiger partial charge in [-0.1, -0.05) is 87.2 Å². The van der Waals surface area contributed by atoms with Crippen LogP contribution < -0.4 is 26.4 Å². The number of allylic oxidation sites excluding steroid dienone is 6. The molecule has 0 radical (unpaired) electrons. The molecule has 3 atom stereocenters. The lowest BCUT2D eigenvalue weighted by atomic mass is 9.74. The van der Waals surface area contributed by atoms with Crippen LogP contribution in [0.15, 0.2) is 123 Å². The van der Waals surface area contributed by atoms with Crippen LogP contribution in [0.4, 0.5) is 0 Å². The highest BCUT2D eigenvalue weighted by molar-refractivity contribution is 7.94. The predicted octanol–water partition coefficient (Wildman–Crippen LogP) is 7.13. The van der Waals surface area contributed by atoms with Crippen molar-refractivity contribution in [1.29, 1.82) is 0 Å². The Labute approximate surface area is 364 Å². The van der Waals surface area contributed by atoms with Gasteiger partial charge in [0.2, 0.25) is 17.8 Å². The van der Waals surface area contributed by atoms with E-state index in [-0.39, 0.29) is 42.5 Å². The number of sulfonamides is 1. The molecule has 13 nitrogen and oxygen atoms in total. The van der Waals surface area contributed by atoms with E-state index < -0.39 is 51.3 Å². The standard InChI is InChI=1S/C48H57N5O8S/c1-8-25-60-33-20-18-32(19-21-33)26-41(46(56)57)52-45(55)40(51-42(54)27-39-37-15-11-9-13-35(37)36-14-10-12-16-38(36)39)22-17-28(2)50-47(49)53-62(58,59)44-43-29(3)30(4)61-31(5)34(43)23-24-48(44,6)7/h8-16,18-21,28,39-41H,1,17,22-27H2,2-7H3,(H,51,54)(H,52,55)(H,56,57)(H3,49,50,53)/t28?,40-,41-/m0/s1.